The number of amides is 1. The van der Waals surface area contributed by atoms with Crippen molar-refractivity contribution < 1.29 is 19.1 Å². The molecule has 1 fully saturated rings. The van der Waals surface area contributed by atoms with E-state index in [1.54, 1.807) is 30.0 Å². The number of carbonyl (C=O) groups is 2. The fourth-order valence-corrected chi connectivity index (χ4v) is 2.07. The summed E-state index contributed by atoms with van der Waals surface area (Å²) in [7, 11) is 0. The molecule has 1 amide bonds. The second kappa shape index (κ2) is 6.38. The lowest BCUT2D eigenvalue weighted by Crippen LogP contribution is -2.42. The molecule has 0 atom stereocenters. The van der Waals surface area contributed by atoms with Crippen LogP contribution in [0.25, 0.3) is 0 Å². The van der Waals surface area contributed by atoms with E-state index >= 15 is 0 Å². The molecular weight excluding hydrogens is 260 g/mol. The highest BCUT2D eigenvalue weighted by Gasteiger charge is 2.20. The van der Waals surface area contributed by atoms with Gasteiger partial charge in [-0.1, -0.05) is 12.1 Å². The van der Waals surface area contributed by atoms with Crippen molar-refractivity contribution in [3.63, 3.8) is 0 Å². The molecule has 0 radical (unpaired) electrons. The fraction of sp³-hybridized carbons (Fsp3) is 0.429. The number of nitrogens with zero attached hydrogens (tertiary/aromatic N) is 1. The molecule has 0 saturated carbocycles. The molecule has 1 aromatic rings. The van der Waals surface area contributed by atoms with E-state index < -0.39 is 5.97 Å². The number of benzene rings is 1. The van der Waals surface area contributed by atoms with E-state index in [1.807, 2.05) is 0 Å². The molecule has 0 unspecified atom stereocenters. The van der Waals surface area contributed by atoms with Crippen molar-refractivity contribution >= 4 is 17.6 Å². The number of rotatable bonds is 3. The SMILES string of the molecule is Cc1cccc(N)c1C(=O)OCC(=O)N1CCOCC1. The maximum atomic E-state index is 12.0. The third-order valence-corrected chi connectivity index (χ3v) is 3.20. The van der Waals surface area contributed by atoms with E-state index in [0.29, 0.717) is 37.6 Å². The quantitative estimate of drug-likeness (QED) is 0.646. The van der Waals surface area contributed by atoms with Crippen molar-refractivity contribution in [2.24, 2.45) is 0 Å². The van der Waals surface area contributed by atoms with Gasteiger partial charge in [-0.2, -0.15) is 0 Å². The molecule has 1 saturated heterocycles. The summed E-state index contributed by atoms with van der Waals surface area (Å²) in [5.74, 6) is -0.781. The number of nitrogen functional groups attached to an aromatic ring is 1. The van der Waals surface area contributed by atoms with Crippen molar-refractivity contribution in [2.45, 2.75) is 6.92 Å². The smallest absolute Gasteiger partial charge is 0.341 e. The minimum Gasteiger partial charge on any atom is -0.452 e. The van der Waals surface area contributed by atoms with E-state index in [0.717, 1.165) is 5.56 Å². The van der Waals surface area contributed by atoms with Crippen molar-refractivity contribution in [3.05, 3.63) is 29.3 Å². The molecule has 0 bridgehead atoms. The number of hydrogen-bond donors (Lipinski definition) is 1. The predicted octanol–water partition coefficient (Wildman–Crippen LogP) is 0.593. The molecule has 1 heterocycles. The predicted molar refractivity (Wildman–Crippen MR) is 73.3 cm³/mol. The molecule has 1 aromatic carbocycles. The molecule has 1 aliphatic heterocycles. The van der Waals surface area contributed by atoms with Gasteiger partial charge in [-0.3, -0.25) is 4.79 Å². The van der Waals surface area contributed by atoms with Gasteiger partial charge in [0.25, 0.3) is 5.91 Å². The Morgan fingerprint density at radius 2 is 2.05 bits per heavy atom. The van der Waals surface area contributed by atoms with Gasteiger partial charge >= 0.3 is 5.97 Å². The number of ether oxygens (including phenoxy) is 2. The second-order valence-electron chi connectivity index (χ2n) is 4.61. The largest absolute Gasteiger partial charge is 0.452 e. The minimum absolute atomic E-state index is 0.214. The number of hydrogen-bond acceptors (Lipinski definition) is 5. The van der Waals surface area contributed by atoms with Crippen LogP contribution < -0.4 is 5.73 Å². The first kappa shape index (κ1) is 14.3. The lowest BCUT2D eigenvalue weighted by Gasteiger charge is -2.26. The van der Waals surface area contributed by atoms with Crippen molar-refractivity contribution in [1.29, 1.82) is 0 Å². The Bertz CT molecular complexity index is 490. The van der Waals surface area contributed by atoms with Gasteiger partial charge in [0.05, 0.1) is 18.8 Å². The molecule has 20 heavy (non-hydrogen) atoms. The topological polar surface area (TPSA) is 81.9 Å². The summed E-state index contributed by atoms with van der Waals surface area (Å²) >= 11 is 0. The zero-order valence-corrected chi connectivity index (χ0v) is 11.4. The number of nitrogens with two attached hydrogens (primary N) is 1. The van der Waals surface area contributed by atoms with Gasteiger partial charge < -0.3 is 20.1 Å². The summed E-state index contributed by atoms with van der Waals surface area (Å²) in [6.07, 6.45) is 0. The molecule has 2 N–H and O–H groups in total. The van der Waals surface area contributed by atoms with Crippen molar-refractivity contribution in [2.75, 3.05) is 38.6 Å². The van der Waals surface area contributed by atoms with E-state index in [9.17, 15) is 9.59 Å². The Morgan fingerprint density at radius 1 is 1.35 bits per heavy atom. The van der Waals surface area contributed by atoms with E-state index in [2.05, 4.69) is 0 Å². The minimum atomic E-state index is -0.567. The van der Waals surface area contributed by atoms with Crippen LogP contribution in [0.3, 0.4) is 0 Å². The average molecular weight is 278 g/mol. The molecule has 1 aliphatic rings. The first-order chi connectivity index (χ1) is 9.59. The van der Waals surface area contributed by atoms with E-state index in [4.69, 9.17) is 15.2 Å². The maximum absolute atomic E-state index is 12.0. The highest BCUT2D eigenvalue weighted by molar-refractivity contribution is 5.97. The molecule has 2 rings (SSSR count). The fourth-order valence-electron chi connectivity index (χ4n) is 2.07. The number of morpholine rings is 1. The Balaban J connectivity index is 1.93. The molecule has 6 heteroatoms. The van der Waals surface area contributed by atoms with Crippen LogP contribution in [0.2, 0.25) is 0 Å². The van der Waals surface area contributed by atoms with Crippen molar-refractivity contribution in [1.82, 2.24) is 4.90 Å². The molecule has 0 spiro atoms. The molecule has 108 valence electrons. The second-order valence-corrected chi connectivity index (χ2v) is 4.61. The van der Waals surface area contributed by atoms with Crippen LogP contribution in [0, 0.1) is 6.92 Å². The van der Waals surface area contributed by atoms with Crippen LogP contribution in [0.1, 0.15) is 15.9 Å². The highest BCUT2D eigenvalue weighted by Crippen LogP contribution is 2.17. The third kappa shape index (κ3) is 3.27. The Kier molecular flexibility index (Phi) is 4.57. The summed E-state index contributed by atoms with van der Waals surface area (Å²) in [5, 5.41) is 0. The molecule has 0 aromatic heterocycles. The van der Waals surface area contributed by atoms with Gasteiger partial charge in [0.15, 0.2) is 6.61 Å². The summed E-state index contributed by atoms with van der Waals surface area (Å²) < 4.78 is 10.2. The highest BCUT2D eigenvalue weighted by atomic mass is 16.5. The van der Waals surface area contributed by atoms with Crippen LogP contribution in [-0.4, -0.2) is 49.7 Å². The van der Waals surface area contributed by atoms with E-state index in [1.165, 1.54) is 0 Å². The van der Waals surface area contributed by atoms with Crippen LogP contribution >= 0.6 is 0 Å². The summed E-state index contributed by atoms with van der Waals surface area (Å²) in [6, 6.07) is 5.17. The van der Waals surface area contributed by atoms with E-state index in [-0.39, 0.29) is 12.5 Å². The lowest BCUT2D eigenvalue weighted by molar-refractivity contribution is -0.138. The van der Waals surface area contributed by atoms with Crippen LogP contribution in [-0.2, 0) is 14.3 Å². The van der Waals surface area contributed by atoms with Gasteiger partial charge in [-0.25, -0.2) is 4.79 Å². The van der Waals surface area contributed by atoms with Gasteiger partial charge in [-0.15, -0.1) is 0 Å². The third-order valence-electron chi connectivity index (χ3n) is 3.20. The average Bonchev–Trinajstić information content (AvgIpc) is 2.45. The maximum Gasteiger partial charge on any atom is 0.341 e. The first-order valence-electron chi connectivity index (χ1n) is 6.47. The van der Waals surface area contributed by atoms with Crippen LogP contribution in [0.5, 0.6) is 0 Å². The first-order valence-corrected chi connectivity index (χ1v) is 6.47. The monoisotopic (exact) mass is 278 g/mol. The molecule has 0 aliphatic carbocycles. The van der Waals surface area contributed by atoms with Crippen molar-refractivity contribution in [3.8, 4) is 0 Å². The van der Waals surface area contributed by atoms with Gasteiger partial charge in [-0.05, 0) is 18.6 Å². The van der Waals surface area contributed by atoms with Gasteiger partial charge in [0.1, 0.15) is 0 Å². The standard InChI is InChI=1S/C14H18N2O4/c1-10-3-2-4-11(15)13(10)14(18)20-9-12(17)16-5-7-19-8-6-16/h2-4H,5-9,15H2,1H3. The number of carbonyl (C=O) groups excluding carboxylic acids is 2. The molecule has 6 nitrogen and oxygen atoms in total. The normalized spacial score (nSPS) is 14.9. The van der Waals surface area contributed by atoms with Crippen LogP contribution in [0.15, 0.2) is 18.2 Å². The summed E-state index contributed by atoms with van der Waals surface area (Å²) in [4.78, 5) is 25.5. The summed E-state index contributed by atoms with van der Waals surface area (Å²) in [5.41, 5.74) is 7.17. The van der Waals surface area contributed by atoms with Crippen LogP contribution in [0.4, 0.5) is 5.69 Å². The lowest BCUT2D eigenvalue weighted by atomic mass is 10.1. The zero-order valence-electron chi connectivity index (χ0n) is 11.4. The van der Waals surface area contributed by atoms with Gasteiger partial charge in [0, 0.05) is 18.8 Å². The molecular formula is C14H18N2O4. The summed E-state index contributed by atoms with van der Waals surface area (Å²) in [6.45, 7) is 3.60. The Labute approximate surface area is 117 Å². The van der Waals surface area contributed by atoms with Gasteiger partial charge in [0.2, 0.25) is 0 Å². The Morgan fingerprint density at radius 3 is 2.70 bits per heavy atom. The Hall–Kier alpha value is -2.08. The number of anilines is 1. The number of esters is 1. The zero-order chi connectivity index (χ0) is 14.5. The number of aryl methyl sites for hydroxylation is 1.